The number of methoxy groups -OCH3 is 2. The molecule has 50 heavy (non-hydrogen) atoms. The van der Waals surface area contributed by atoms with Crippen molar-refractivity contribution in [3.8, 4) is 11.5 Å². The number of likely N-dealkylation sites (tertiary alicyclic amines) is 1. The largest absolute Gasteiger partial charge is 0.497 e. The predicted molar refractivity (Wildman–Crippen MR) is 198 cm³/mol. The lowest BCUT2D eigenvalue weighted by Crippen LogP contribution is -2.19. The molecule has 2 N–H and O–H groups in total. The minimum atomic E-state index is -1.33. The average Bonchev–Trinajstić information content (AvgIpc) is 3.80. The zero-order valence-electron chi connectivity index (χ0n) is 29.1. The van der Waals surface area contributed by atoms with Crippen molar-refractivity contribution >= 4 is 39.5 Å². The fourth-order valence-electron chi connectivity index (χ4n) is 5.75. The molecule has 260 valence electrons. The van der Waals surface area contributed by atoms with Crippen molar-refractivity contribution in [2.24, 2.45) is 0 Å². The van der Waals surface area contributed by atoms with Gasteiger partial charge in [0.1, 0.15) is 11.5 Å². The molecule has 1 aliphatic heterocycles. The molecular weight excluding hydrogens is 651 g/mol. The highest BCUT2D eigenvalue weighted by atomic mass is 32.2. The van der Waals surface area contributed by atoms with Crippen molar-refractivity contribution in [1.29, 1.82) is 0 Å². The summed E-state index contributed by atoms with van der Waals surface area (Å²) in [4.78, 5) is 29.8. The van der Waals surface area contributed by atoms with Gasteiger partial charge in [-0.05, 0) is 82.6 Å². The van der Waals surface area contributed by atoms with Crippen LogP contribution in [0.15, 0.2) is 84.2 Å². The molecule has 0 bridgehead atoms. The number of benzene rings is 2. The molecule has 1 saturated heterocycles. The Kier molecular flexibility index (Phi) is 12.3. The van der Waals surface area contributed by atoms with Crippen molar-refractivity contribution < 1.29 is 23.6 Å². The van der Waals surface area contributed by atoms with Crippen molar-refractivity contribution in [3.63, 3.8) is 0 Å². The van der Waals surface area contributed by atoms with Crippen LogP contribution in [0, 0.1) is 20.8 Å². The summed E-state index contributed by atoms with van der Waals surface area (Å²) < 4.78 is 23.3. The van der Waals surface area contributed by atoms with Gasteiger partial charge in [-0.2, -0.15) is 0 Å². The van der Waals surface area contributed by atoms with Crippen LogP contribution < -0.4 is 9.47 Å². The molecule has 1 atom stereocenters. The maximum atomic E-state index is 12.7. The van der Waals surface area contributed by atoms with Crippen LogP contribution in [0.3, 0.4) is 0 Å². The van der Waals surface area contributed by atoms with E-state index in [1.165, 1.54) is 24.5 Å². The van der Waals surface area contributed by atoms with Gasteiger partial charge < -0.3 is 19.6 Å². The number of hydrogen-bond acceptors (Lipinski definition) is 8. The highest BCUT2D eigenvalue weighted by Crippen LogP contribution is 2.27. The van der Waals surface area contributed by atoms with Gasteiger partial charge in [-0.15, -0.1) is 0 Å². The van der Waals surface area contributed by atoms with Gasteiger partial charge in [0.15, 0.2) is 5.16 Å². The van der Waals surface area contributed by atoms with Gasteiger partial charge in [-0.25, -0.2) is 14.8 Å². The summed E-state index contributed by atoms with van der Waals surface area (Å²) in [6, 6.07) is 19.7. The van der Waals surface area contributed by atoms with E-state index < -0.39 is 16.8 Å². The van der Waals surface area contributed by atoms with Crippen LogP contribution in [0.25, 0.3) is 22.7 Å². The first-order valence-corrected chi connectivity index (χ1v) is 17.8. The highest BCUT2D eigenvalue weighted by Gasteiger charge is 2.17. The van der Waals surface area contributed by atoms with Crippen LogP contribution in [-0.2, 0) is 21.3 Å². The first-order valence-electron chi connectivity index (χ1n) is 16.4. The number of nitrogens with zero attached hydrogens (tertiary/aromatic N) is 4. The second-order valence-corrected chi connectivity index (χ2v) is 13.4. The number of aliphatic carboxylic acids is 1. The number of fused-ring (bicyclic) bond motifs is 1. The van der Waals surface area contributed by atoms with Gasteiger partial charge in [0.25, 0.3) is 0 Å². The lowest BCUT2D eigenvalue weighted by Gasteiger charge is -2.14. The van der Waals surface area contributed by atoms with E-state index in [9.17, 15) is 9.00 Å². The molecule has 1 unspecified atom stereocenters. The molecule has 0 amide bonds. The number of aromatic amines is 1. The molecule has 5 aromatic rings. The third-order valence-electron chi connectivity index (χ3n) is 8.46. The van der Waals surface area contributed by atoms with Crippen LogP contribution in [0.4, 0.5) is 0 Å². The van der Waals surface area contributed by atoms with E-state index in [-0.39, 0.29) is 5.75 Å². The average molecular weight is 694 g/mol. The smallest absolute Gasteiger partial charge is 0.328 e. The number of aromatic nitrogens is 4. The second-order valence-electron chi connectivity index (χ2n) is 12.1. The van der Waals surface area contributed by atoms with Crippen LogP contribution >= 0.6 is 0 Å². The summed E-state index contributed by atoms with van der Waals surface area (Å²) in [6.07, 6.45) is 9.15. The van der Waals surface area contributed by atoms with Gasteiger partial charge in [0.2, 0.25) is 0 Å². The van der Waals surface area contributed by atoms with Crippen molar-refractivity contribution in [2.75, 3.05) is 33.9 Å². The third kappa shape index (κ3) is 9.31. The number of nitrogens with one attached hydrogen (secondary N) is 1. The van der Waals surface area contributed by atoms with Gasteiger partial charge in [0, 0.05) is 41.6 Å². The molecule has 1 aliphatic rings. The molecule has 3 aromatic heterocycles. The Labute approximate surface area is 295 Å². The van der Waals surface area contributed by atoms with E-state index in [0.29, 0.717) is 10.9 Å². The SMILES string of the molecule is COc1ccc2nc(S(=O)Cc3ncc(C)c(OC)c3C)[nH]c2c1.Cc1ccc(/C(=C\CN2CCCC2)c2cccc(/C=C/C(=O)O)n2)cc1. The first-order chi connectivity index (χ1) is 24.1. The van der Waals surface area contributed by atoms with Crippen LogP contribution in [0.1, 0.15) is 52.2 Å². The molecule has 0 radical (unpaired) electrons. The zero-order valence-corrected chi connectivity index (χ0v) is 29.9. The summed E-state index contributed by atoms with van der Waals surface area (Å²) in [6.45, 7) is 9.13. The highest BCUT2D eigenvalue weighted by molar-refractivity contribution is 7.84. The van der Waals surface area contributed by atoms with E-state index in [1.54, 1.807) is 20.4 Å². The van der Waals surface area contributed by atoms with E-state index >= 15 is 0 Å². The Bertz CT molecular complexity index is 2030. The number of H-pyrrole nitrogens is 1. The quantitative estimate of drug-likeness (QED) is 0.142. The number of ether oxygens (including phenoxy) is 2. The Morgan fingerprint density at radius 2 is 1.76 bits per heavy atom. The van der Waals surface area contributed by atoms with Gasteiger partial charge in [0.05, 0.1) is 58.9 Å². The number of rotatable bonds is 11. The Hall–Kier alpha value is -5.13. The van der Waals surface area contributed by atoms with Gasteiger partial charge in [-0.1, -0.05) is 42.0 Å². The maximum absolute atomic E-state index is 12.7. The molecule has 10 nitrogen and oxygen atoms in total. The molecule has 0 saturated carbocycles. The van der Waals surface area contributed by atoms with Crippen LogP contribution in [0.5, 0.6) is 11.5 Å². The third-order valence-corrected chi connectivity index (χ3v) is 9.62. The molecule has 0 spiro atoms. The second kappa shape index (κ2) is 17.0. The van der Waals surface area contributed by atoms with Crippen molar-refractivity contribution in [1.82, 2.24) is 24.8 Å². The lowest BCUT2D eigenvalue weighted by atomic mass is 10.00. The predicted octanol–water partition coefficient (Wildman–Crippen LogP) is 6.92. The fourth-order valence-corrected chi connectivity index (χ4v) is 6.85. The number of imidazole rings is 1. The van der Waals surface area contributed by atoms with E-state index in [4.69, 9.17) is 14.6 Å². The maximum Gasteiger partial charge on any atom is 0.328 e. The van der Waals surface area contributed by atoms with Crippen molar-refractivity contribution in [2.45, 2.75) is 44.5 Å². The molecule has 1 fully saturated rings. The Balaban J connectivity index is 0.000000195. The van der Waals surface area contributed by atoms with E-state index in [2.05, 4.69) is 62.1 Å². The lowest BCUT2D eigenvalue weighted by molar-refractivity contribution is -0.131. The topological polar surface area (TPSA) is 131 Å². The summed E-state index contributed by atoms with van der Waals surface area (Å²) in [5.41, 5.74) is 9.10. The van der Waals surface area contributed by atoms with E-state index in [0.717, 1.165) is 81.9 Å². The molecule has 0 aliphatic carbocycles. The molecule has 2 aromatic carbocycles. The normalized spacial score (nSPS) is 14.1. The number of aryl methyl sites for hydroxylation is 2. The summed E-state index contributed by atoms with van der Waals surface area (Å²) >= 11 is 0. The van der Waals surface area contributed by atoms with Gasteiger partial charge in [-0.3, -0.25) is 14.1 Å². The van der Waals surface area contributed by atoms with Crippen LogP contribution in [-0.4, -0.2) is 74.0 Å². The summed E-state index contributed by atoms with van der Waals surface area (Å²) in [5.74, 6) is 0.815. The van der Waals surface area contributed by atoms with Gasteiger partial charge >= 0.3 is 5.97 Å². The summed E-state index contributed by atoms with van der Waals surface area (Å²) in [5, 5.41) is 9.26. The standard InChI is InChI=1S/C22H24N2O2.C17H19N3O3S/c1-17-7-9-18(10-8-17)20(13-16-24-14-2-3-15-24)21-6-4-5-19(23-21)11-12-22(25)26;1-10-8-18-15(11(2)16(10)23-4)9-24(21)17-19-13-6-5-12(22-3)7-14(13)20-17/h4-13H,2-3,14-16H2,1H3,(H,25,26);5-8H,9H2,1-4H3,(H,19,20)/b12-11+,20-13+;. The van der Waals surface area contributed by atoms with Crippen molar-refractivity contribution in [3.05, 3.63) is 118 Å². The molecule has 4 heterocycles. The Morgan fingerprint density at radius 3 is 2.46 bits per heavy atom. The zero-order chi connectivity index (χ0) is 35.6. The molecule has 11 heteroatoms. The summed E-state index contributed by atoms with van der Waals surface area (Å²) in [7, 11) is 1.91. The first kappa shape index (κ1) is 36.2. The number of carbonyl (C=O) groups is 1. The minimum absolute atomic E-state index is 0.277. The van der Waals surface area contributed by atoms with E-state index in [1.807, 2.05) is 50.2 Å². The monoisotopic (exact) mass is 693 g/mol. The molecule has 6 rings (SSSR count). The number of pyridine rings is 2. The minimum Gasteiger partial charge on any atom is -0.497 e. The fraction of sp³-hybridized carbons (Fsp3) is 0.282. The Morgan fingerprint density at radius 1 is 1.00 bits per heavy atom. The number of hydrogen-bond donors (Lipinski definition) is 2. The number of carboxylic acids is 1. The molecular formula is C39H43N5O5S. The number of carboxylic acid groups (broad SMARTS) is 1. The van der Waals surface area contributed by atoms with Crippen LogP contribution in [0.2, 0.25) is 0 Å².